The number of anilines is 1. The summed E-state index contributed by atoms with van der Waals surface area (Å²) in [6, 6.07) is 14.8. The third-order valence-corrected chi connectivity index (χ3v) is 6.38. The lowest BCUT2D eigenvalue weighted by molar-refractivity contribution is -0.122. The molecule has 0 atom stereocenters. The van der Waals surface area contributed by atoms with E-state index in [0.717, 1.165) is 28.4 Å². The van der Waals surface area contributed by atoms with Gasteiger partial charge in [-0.1, -0.05) is 17.7 Å². The third kappa shape index (κ3) is 4.05. The molecule has 0 aliphatic carbocycles. The highest BCUT2D eigenvalue weighted by Gasteiger charge is 2.35. The first-order chi connectivity index (χ1) is 15.7. The zero-order valence-corrected chi connectivity index (χ0v) is 20.2. The first kappa shape index (κ1) is 22.8. The molecule has 6 nitrogen and oxygen atoms in total. The van der Waals surface area contributed by atoms with Gasteiger partial charge in [-0.2, -0.15) is 0 Å². The number of carbonyl (C=O) groups excluding carboxylic acids is 2. The van der Waals surface area contributed by atoms with Crippen molar-refractivity contribution in [1.82, 2.24) is 9.88 Å². The van der Waals surface area contributed by atoms with E-state index in [1.165, 1.54) is 4.90 Å². The fraction of sp³-hybridized carbons (Fsp3) is 0.160. The molecule has 0 saturated carbocycles. The number of amides is 2. The predicted molar refractivity (Wildman–Crippen MR) is 134 cm³/mol. The molecule has 0 unspecified atom stereocenters. The van der Waals surface area contributed by atoms with Crippen molar-refractivity contribution in [2.45, 2.75) is 20.8 Å². The van der Waals surface area contributed by atoms with E-state index in [2.05, 4.69) is 9.88 Å². The van der Waals surface area contributed by atoms with Crippen molar-refractivity contribution in [3.05, 3.63) is 81.6 Å². The molecule has 0 radical (unpaired) electrons. The van der Waals surface area contributed by atoms with Crippen LogP contribution in [0, 0.1) is 20.8 Å². The second kappa shape index (κ2) is 8.84. The van der Waals surface area contributed by atoms with E-state index in [9.17, 15) is 9.59 Å². The summed E-state index contributed by atoms with van der Waals surface area (Å²) in [5.41, 5.74) is 4.80. The molecule has 0 spiro atoms. The maximum Gasteiger partial charge on any atom is 0.270 e. The molecule has 0 bridgehead atoms. The minimum absolute atomic E-state index is 0.00189. The summed E-state index contributed by atoms with van der Waals surface area (Å²) in [5, 5.41) is 3.16. The highest BCUT2D eigenvalue weighted by atomic mass is 35.5. The van der Waals surface area contributed by atoms with Crippen LogP contribution in [-0.2, 0) is 9.59 Å². The highest BCUT2D eigenvalue weighted by molar-refractivity contribution is 7.80. The first-order valence-corrected chi connectivity index (χ1v) is 11.0. The lowest BCUT2D eigenvalue weighted by Gasteiger charge is -2.30. The number of aryl methyl sites for hydroxylation is 1. The van der Waals surface area contributed by atoms with Gasteiger partial charge in [0.15, 0.2) is 5.11 Å². The second-order valence-electron chi connectivity index (χ2n) is 7.70. The molecular formula is C25H22ClN3O3S. The summed E-state index contributed by atoms with van der Waals surface area (Å²) in [6.45, 7) is 5.72. The number of ether oxygens (including phenoxy) is 1. The van der Waals surface area contributed by atoms with Crippen LogP contribution in [0.4, 0.5) is 5.69 Å². The monoisotopic (exact) mass is 479 g/mol. The topological polar surface area (TPSA) is 63.6 Å². The van der Waals surface area contributed by atoms with Gasteiger partial charge in [0.2, 0.25) is 0 Å². The van der Waals surface area contributed by atoms with Gasteiger partial charge < -0.3 is 9.30 Å². The number of aromatic nitrogens is 1. The summed E-state index contributed by atoms with van der Waals surface area (Å²) >= 11 is 11.6. The largest absolute Gasteiger partial charge is 0.497 e. The Labute approximate surface area is 202 Å². The van der Waals surface area contributed by atoms with Gasteiger partial charge in [-0.15, -0.1) is 0 Å². The van der Waals surface area contributed by atoms with E-state index in [1.54, 1.807) is 38.3 Å². The number of methoxy groups -OCH3 is 1. The number of halogens is 1. The second-order valence-corrected chi connectivity index (χ2v) is 8.50. The quantitative estimate of drug-likeness (QED) is 0.328. The summed E-state index contributed by atoms with van der Waals surface area (Å²) in [6.07, 6.45) is 1.61. The van der Waals surface area contributed by atoms with Crippen LogP contribution in [0.25, 0.3) is 11.8 Å². The van der Waals surface area contributed by atoms with Crippen molar-refractivity contribution in [3.8, 4) is 11.4 Å². The molecule has 2 heterocycles. The fourth-order valence-corrected chi connectivity index (χ4v) is 4.38. The molecule has 1 fully saturated rings. The lowest BCUT2D eigenvalue weighted by Crippen LogP contribution is -2.54. The molecule has 2 aromatic carbocycles. The van der Waals surface area contributed by atoms with Gasteiger partial charge in [-0.05, 0) is 92.7 Å². The Morgan fingerprint density at radius 3 is 2.42 bits per heavy atom. The van der Waals surface area contributed by atoms with Crippen LogP contribution < -0.4 is 15.0 Å². The van der Waals surface area contributed by atoms with Gasteiger partial charge in [-0.3, -0.25) is 19.8 Å². The smallest absolute Gasteiger partial charge is 0.270 e. The fourth-order valence-electron chi connectivity index (χ4n) is 3.93. The standard InChI is InChI=1S/C25H22ClN3O3S/c1-14-12-17(16(3)28(14)18-8-10-19(32-4)11-9-18)13-20-23(30)27-25(33)29(24(20)31)22-7-5-6-21(26)15(22)2/h5-13H,1-4H3,(H,27,30,33)/b20-13+. The average Bonchev–Trinajstić information content (AvgIpc) is 3.06. The number of benzene rings is 2. The Morgan fingerprint density at radius 2 is 1.76 bits per heavy atom. The number of hydrogen-bond acceptors (Lipinski definition) is 4. The van der Waals surface area contributed by atoms with Crippen molar-refractivity contribution in [1.29, 1.82) is 0 Å². The summed E-state index contributed by atoms with van der Waals surface area (Å²) in [5.74, 6) is -0.265. The van der Waals surface area contributed by atoms with Crippen molar-refractivity contribution in [2.24, 2.45) is 0 Å². The summed E-state index contributed by atoms with van der Waals surface area (Å²) in [4.78, 5) is 27.4. The first-order valence-electron chi connectivity index (χ1n) is 10.2. The number of nitrogens with zero attached hydrogens (tertiary/aromatic N) is 2. The summed E-state index contributed by atoms with van der Waals surface area (Å²) < 4.78 is 7.30. The van der Waals surface area contributed by atoms with Crippen molar-refractivity contribution in [2.75, 3.05) is 12.0 Å². The molecule has 168 valence electrons. The van der Waals surface area contributed by atoms with Crippen LogP contribution in [0.2, 0.25) is 5.02 Å². The SMILES string of the molecule is COc1ccc(-n2c(C)cc(/C=C3\C(=O)NC(=S)N(c4cccc(Cl)c4C)C3=O)c2C)cc1. The number of carbonyl (C=O) groups is 2. The van der Waals surface area contributed by atoms with Gasteiger partial charge in [0, 0.05) is 22.1 Å². The van der Waals surface area contributed by atoms with Crippen LogP contribution in [0.5, 0.6) is 5.75 Å². The summed E-state index contributed by atoms with van der Waals surface area (Å²) in [7, 11) is 1.62. The van der Waals surface area contributed by atoms with Gasteiger partial charge >= 0.3 is 0 Å². The molecule has 1 N–H and O–H groups in total. The Bertz CT molecular complexity index is 1330. The van der Waals surface area contributed by atoms with Gasteiger partial charge in [-0.25, -0.2) is 0 Å². The van der Waals surface area contributed by atoms with Crippen LogP contribution in [-0.4, -0.2) is 28.6 Å². The normalized spacial score (nSPS) is 15.2. The highest BCUT2D eigenvalue weighted by Crippen LogP contribution is 2.30. The molecular weight excluding hydrogens is 458 g/mol. The Morgan fingerprint density at radius 1 is 1.06 bits per heavy atom. The maximum atomic E-state index is 13.4. The zero-order chi connectivity index (χ0) is 23.9. The van der Waals surface area contributed by atoms with Gasteiger partial charge in [0.05, 0.1) is 12.8 Å². The van der Waals surface area contributed by atoms with Gasteiger partial charge in [0.25, 0.3) is 11.8 Å². The number of rotatable bonds is 4. The third-order valence-electron chi connectivity index (χ3n) is 5.68. The average molecular weight is 480 g/mol. The Kier molecular flexibility index (Phi) is 6.10. The predicted octanol–water partition coefficient (Wildman–Crippen LogP) is 4.90. The van der Waals surface area contributed by atoms with Crippen LogP contribution in [0.15, 0.2) is 54.1 Å². The molecule has 3 aromatic rings. The van der Waals surface area contributed by atoms with E-state index in [0.29, 0.717) is 16.3 Å². The number of hydrogen-bond donors (Lipinski definition) is 1. The molecule has 1 aliphatic rings. The van der Waals surface area contributed by atoms with E-state index in [4.69, 9.17) is 28.6 Å². The zero-order valence-electron chi connectivity index (χ0n) is 18.6. The van der Waals surface area contributed by atoms with Crippen molar-refractivity contribution >= 4 is 52.5 Å². The minimum atomic E-state index is -0.532. The number of nitrogens with one attached hydrogen (secondary N) is 1. The van der Waals surface area contributed by atoms with E-state index < -0.39 is 11.8 Å². The van der Waals surface area contributed by atoms with Crippen molar-refractivity contribution in [3.63, 3.8) is 0 Å². The van der Waals surface area contributed by atoms with Gasteiger partial charge in [0.1, 0.15) is 11.3 Å². The van der Waals surface area contributed by atoms with Crippen LogP contribution in [0.3, 0.4) is 0 Å². The molecule has 4 rings (SSSR count). The van der Waals surface area contributed by atoms with Crippen molar-refractivity contribution < 1.29 is 14.3 Å². The minimum Gasteiger partial charge on any atom is -0.497 e. The van der Waals surface area contributed by atoms with E-state index in [1.807, 2.05) is 44.2 Å². The van der Waals surface area contributed by atoms with E-state index in [-0.39, 0.29) is 10.7 Å². The molecule has 1 aliphatic heterocycles. The molecule has 2 amide bonds. The lowest BCUT2D eigenvalue weighted by atomic mass is 10.1. The molecule has 33 heavy (non-hydrogen) atoms. The maximum absolute atomic E-state index is 13.4. The Balaban J connectivity index is 1.76. The van der Waals surface area contributed by atoms with Crippen LogP contribution in [0.1, 0.15) is 22.5 Å². The molecule has 1 aromatic heterocycles. The van der Waals surface area contributed by atoms with E-state index >= 15 is 0 Å². The molecule has 1 saturated heterocycles. The number of thiocarbonyl (C=S) groups is 1. The van der Waals surface area contributed by atoms with Crippen LogP contribution >= 0.6 is 23.8 Å². The Hall–Kier alpha value is -3.42. The molecule has 8 heteroatoms.